The Labute approximate surface area is 188 Å². The van der Waals surface area contributed by atoms with E-state index < -0.39 is 0 Å². The number of carbonyl (C=O) groups excluding carboxylic acids is 1. The smallest absolute Gasteiger partial charge is 0.220 e. The zero-order chi connectivity index (χ0) is 22.2. The molecular weight excluding hydrogens is 404 g/mol. The molecule has 32 heavy (non-hydrogen) atoms. The third-order valence-corrected chi connectivity index (χ3v) is 6.58. The van der Waals surface area contributed by atoms with Crippen LogP contribution in [0.25, 0.3) is 0 Å². The summed E-state index contributed by atoms with van der Waals surface area (Å²) in [4.78, 5) is 14.5. The molecule has 8 heteroatoms. The van der Waals surface area contributed by atoms with Crippen LogP contribution < -0.4 is 16.2 Å². The summed E-state index contributed by atoms with van der Waals surface area (Å²) in [6, 6.07) is 11.0. The maximum atomic E-state index is 12.3. The summed E-state index contributed by atoms with van der Waals surface area (Å²) < 4.78 is 5.50. The predicted molar refractivity (Wildman–Crippen MR) is 122 cm³/mol. The van der Waals surface area contributed by atoms with Gasteiger partial charge in [-0.1, -0.05) is 18.2 Å². The molecule has 1 fully saturated rings. The van der Waals surface area contributed by atoms with Crippen LogP contribution in [0.1, 0.15) is 53.5 Å². The summed E-state index contributed by atoms with van der Waals surface area (Å²) in [7, 11) is 0. The highest BCUT2D eigenvalue weighted by Gasteiger charge is 2.44. The fourth-order valence-electron chi connectivity index (χ4n) is 4.59. The molecule has 0 radical (unpaired) electrons. The molecular formula is C24H30N6O2. The second-order valence-electron chi connectivity index (χ2n) is 8.83. The second-order valence-corrected chi connectivity index (χ2v) is 8.83. The van der Waals surface area contributed by atoms with Crippen molar-refractivity contribution < 1.29 is 9.21 Å². The van der Waals surface area contributed by atoms with Gasteiger partial charge < -0.3 is 19.6 Å². The van der Waals surface area contributed by atoms with Crippen molar-refractivity contribution in [3.63, 3.8) is 0 Å². The summed E-state index contributed by atoms with van der Waals surface area (Å²) in [5.41, 5.74) is 10.9. The van der Waals surface area contributed by atoms with Gasteiger partial charge >= 0.3 is 0 Å². The van der Waals surface area contributed by atoms with E-state index in [-0.39, 0.29) is 24.2 Å². The number of fused-ring (bicyclic) bond motifs is 3. The van der Waals surface area contributed by atoms with E-state index in [4.69, 9.17) is 4.42 Å². The number of nitrogens with one attached hydrogen (secondary N) is 3. The maximum Gasteiger partial charge on any atom is 0.220 e. The van der Waals surface area contributed by atoms with Gasteiger partial charge in [-0.25, -0.2) is 5.43 Å². The number of nitrogens with zero attached hydrogens (tertiary/aromatic N) is 3. The zero-order valence-electron chi connectivity index (χ0n) is 18.8. The normalized spacial score (nSPS) is 23.6. The van der Waals surface area contributed by atoms with Gasteiger partial charge in [0.25, 0.3) is 0 Å². The molecule has 0 spiro atoms. The molecule has 3 atom stereocenters. The zero-order valence-corrected chi connectivity index (χ0v) is 18.8. The van der Waals surface area contributed by atoms with E-state index in [0.717, 1.165) is 23.8 Å². The van der Waals surface area contributed by atoms with Gasteiger partial charge in [-0.3, -0.25) is 10.2 Å². The van der Waals surface area contributed by atoms with Crippen molar-refractivity contribution in [1.29, 1.82) is 0 Å². The number of hydrogen-bond donors (Lipinski definition) is 3. The Kier molecular flexibility index (Phi) is 5.38. The maximum absolute atomic E-state index is 12.3. The Hall–Kier alpha value is -3.26. The Bertz CT molecular complexity index is 1070. The highest BCUT2D eigenvalue weighted by molar-refractivity contribution is 5.89. The van der Waals surface area contributed by atoms with E-state index in [1.165, 1.54) is 16.7 Å². The lowest BCUT2D eigenvalue weighted by molar-refractivity contribution is -0.121. The Morgan fingerprint density at radius 1 is 1.19 bits per heavy atom. The van der Waals surface area contributed by atoms with Crippen molar-refractivity contribution in [1.82, 2.24) is 26.1 Å². The lowest BCUT2D eigenvalue weighted by atomic mass is 9.97. The van der Waals surface area contributed by atoms with E-state index in [1.54, 1.807) is 0 Å². The third kappa shape index (κ3) is 3.98. The predicted octanol–water partition coefficient (Wildman–Crippen LogP) is 2.95. The van der Waals surface area contributed by atoms with E-state index in [9.17, 15) is 4.79 Å². The van der Waals surface area contributed by atoms with Gasteiger partial charge in [0.05, 0.1) is 18.6 Å². The minimum Gasteiger partial charge on any atom is -0.465 e. The summed E-state index contributed by atoms with van der Waals surface area (Å²) >= 11 is 0. The first kappa shape index (κ1) is 20.6. The lowest BCUT2D eigenvalue weighted by Crippen LogP contribution is -2.54. The molecule has 1 aromatic carbocycles. The molecule has 3 unspecified atom stereocenters. The molecule has 0 bridgehead atoms. The highest BCUT2D eigenvalue weighted by Crippen LogP contribution is 2.34. The molecule has 8 nitrogen and oxygen atoms in total. The lowest BCUT2D eigenvalue weighted by Gasteiger charge is -2.37. The fourth-order valence-corrected chi connectivity index (χ4v) is 4.59. The summed E-state index contributed by atoms with van der Waals surface area (Å²) in [5.74, 6) is 2.50. The van der Waals surface area contributed by atoms with E-state index in [2.05, 4.69) is 69.4 Å². The molecule has 3 aliphatic heterocycles. The monoisotopic (exact) mass is 434 g/mol. The van der Waals surface area contributed by atoms with Gasteiger partial charge in [0.15, 0.2) is 0 Å². The number of hydrogen-bond acceptors (Lipinski definition) is 7. The van der Waals surface area contributed by atoms with Crippen LogP contribution in [0.15, 0.2) is 52.3 Å². The van der Waals surface area contributed by atoms with Gasteiger partial charge in [0.2, 0.25) is 5.91 Å². The molecule has 1 aromatic heterocycles. The molecule has 2 aromatic rings. The van der Waals surface area contributed by atoms with Gasteiger partial charge in [-0.2, -0.15) is 5.10 Å². The van der Waals surface area contributed by atoms with Gasteiger partial charge in [0.1, 0.15) is 23.5 Å². The SMILES string of the molecule is Cc1ccc(CNC(=O)CCC2=NNC3C4CC(c5ccc(C)c(C)c5)NN4C=CN23)o1. The van der Waals surface area contributed by atoms with Crippen molar-refractivity contribution in [3.8, 4) is 0 Å². The number of amides is 1. The van der Waals surface area contributed by atoms with Crippen LogP contribution in [0.5, 0.6) is 0 Å². The quantitative estimate of drug-likeness (QED) is 0.648. The van der Waals surface area contributed by atoms with Gasteiger partial charge in [-0.15, -0.1) is 0 Å². The molecule has 0 saturated carbocycles. The molecule has 5 rings (SSSR count). The molecule has 0 aliphatic carbocycles. The van der Waals surface area contributed by atoms with E-state index in [1.807, 2.05) is 25.3 Å². The topological polar surface area (TPSA) is 85.1 Å². The van der Waals surface area contributed by atoms with Gasteiger partial charge in [0, 0.05) is 25.2 Å². The minimum atomic E-state index is -0.00911. The van der Waals surface area contributed by atoms with Crippen LogP contribution in [-0.2, 0) is 11.3 Å². The summed E-state index contributed by atoms with van der Waals surface area (Å²) in [6.45, 7) is 6.61. The Morgan fingerprint density at radius 2 is 2.06 bits per heavy atom. The average molecular weight is 435 g/mol. The molecule has 1 saturated heterocycles. The second kappa shape index (κ2) is 8.35. The van der Waals surface area contributed by atoms with Crippen molar-refractivity contribution in [3.05, 3.63) is 70.9 Å². The Balaban J connectivity index is 1.16. The van der Waals surface area contributed by atoms with Crippen LogP contribution in [0.4, 0.5) is 0 Å². The number of rotatable bonds is 6. The fraction of sp³-hybridized carbons (Fsp3) is 0.417. The molecule has 4 heterocycles. The van der Waals surface area contributed by atoms with Crippen molar-refractivity contribution in [2.45, 2.75) is 64.8 Å². The molecule has 3 aliphatic rings. The van der Waals surface area contributed by atoms with Crippen LogP contribution in [0.2, 0.25) is 0 Å². The van der Waals surface area contributed by atoms with Gasteiger partial charge in [-0.05, 0) is 56.0 Å². The van der Waals surface area contributed by atoms with E-state index in [0.29, 0.717) is 19.4 Å². The third-order valence-electron chi connectivity index (χ3n) is 6.58. The molecule has 3 N–H and O–H groups in total. The minimum absolute atomic E-state index is 0.00911. The first-order valence-corrected chi connectivity index (χ1v) is 11.2. The number of amidine groups is 1. The van der Waals surface area contributed by atoms with Crippen molar-refractivity contribution in [2.75, 3.05) is 0 Å². The number of aryl methyl sites for hydroxylation is 3. The largest absolute Gasteiger partial charge is 0.465 e. The molecule has 1 amide bonds. The van der Waals surface area contributed by atoms with Crippen LogP contribution >= 0.6 is 0 Å². The summed E-state index contributed by atoms with van der Waals surface area (Å²) in [6.07, 6.45) is 6.12. The summed E-state index contributed by atoms with van der Waals surface area (Å²) in [5, 5.41) is 9.65. The molecule has 168 valence electrons. The number of furan rings is 1. The average Bonchev–Trinajstić information content (AvgIpc) is 3.50. The van der Waals surface area contributed by atoms with Crippen molar-refractivity contribution in [2.24, 2.45) is 5.10 Å². The number of benzene rings is 1. The first-order valence-electron chi connectivity index (χ1n) is 11.2. The highest BCUT2D eigenvalue weighted by atomic mass is 16.3. The standard InChI is InChI=1S/C24H30N6O2/c1-15-4-6-18(12-16(15)2)20-13-21-24-27-26-22(29(24)10-11-30(21)28-20)8-9-23(31)25-14-19-7-5-17(3)32-19/h4-7,10-12,20-21,24,27-28H,8-9,13-14H2,1-3H3,(H,25,31). The van der Waals surface area contributed by atoms with E-state index >= 15 is 0 Å². The van der Waals surface area contributed by atoms with Crippen LogP contribution in [-0.4, -0.2) is 33.9 Å². The number of hydrazone groups is 1. The van der Waals surface area contributed by atoms with Crippen LogP contribution in [0.3, 0.4) is 0 Å². The number of hydrazine groups is 1. The first-order chi connectivity index (χ1) is 15.5. The van der Waals surface area contributed by atoms with Crippen molar-refractivity contribution >= 4 is 11.7 Å². The Morgan fingerprint density at radius 3 is 2.84 bits per heavy atom. The van der Waals surface area contributed by atoms with Crippen LogP contribution in [0, 0.1) is 20.8 Å². The number of carbonyl (C=O) groups is 1.